The Morgan fingerprint density at radius 3 is 2.67 bits per heavy atom. The quantitative estimate of drug-likeness (QED) is 0.611. The summed E-state index contributed by atoms with van der Waals surface area (Å²) in [6.07, 6.45) is 8.63. The zero-order chi connectivity index (χ0) is 22.8. The van der Waals surface area contributed by atoms with E-state index < -0.39 is 5.82 Å². The van der Waals surface area contributed by atoms with E-state index in [-0.39, 0.29) is 23.8 Å². The Balaban J connectivity index is 1.49. The van der Waals surface area contributed by atoms with Crippen LogP contribution in [-0.2, 0) is 0 Å². The average Bonchev–Trinajstić information content (AvgIpc) is 3.27. The van der Waals surface area contributed by atoms with Gasteiger partial charge < -0.3 is 15.3 Å². The molecule has 0 amide bonds. The van der Waals surface area contributed by atoms with Crippen molar-refractivity contribution in [1.82, 2.24) is 19.6 Å². The number of piperidine rings is 1. The molecule has 4 heterocycles. The third-order valence-corrected chi connectivity index (χ3v) is 6.83. The maximum absolute atomic E-state index is 15.7. The van der Waals surface area contributed by atoms with Crippen LogP contribution in [0.15, 0.2) is 30.6 Å². The Morgan fingerprint density at radius 2 is 1.91 bits per heavy atom. The van der Waals surface area contributed by atoms with Gasteiger partial charge in [0, 0.05) is 31.7 Å². The highest BCUT2D eigenvalue weighted by atomic mass is 19.1. The Hall–Kier alpha value is -3.25. The fourth-order valence-electron chi connectivity index (χ4n) is 4.88. The van der Waals surface area contributed by atoms with E-state index in [0.29, 0.717) is 44.1 Å². The van der Waals surface area contributed by atoms with Crippen LogP contribution in [0.2, 0.25) is 0 Å². The van der Waals surface area contributed by atoms with Gasteiger partial charge in [-0.2, -0.15) is 14.8 Å². The molecule has 0 aromatic carbocycles. The fourth-order valence-corrected chi connectivity index (χ4v) is 4.88. The van der Waals surface area contributed by atoms with E-state index in [0.717, 1.165) is 36.8 Å². The number of aliphatic hydroxyl groups excluding tert-OH is 1. The molecule has 0 bridgehead atoms. The standard InChI is InChI=1S/C24H28FN7O/c25-21-23(28-17-6-4-16(5-7-17)8-11-26)29-22(19-15-27-32-12-2-1-3-20(19)32)30-24(21)31-13-9-18(33)10-14-31/h1-3,12,15-18,33H,4-10,13-14H2,(H,28,29,30). The second-order valence-electron chi connectivity index (χ2n) is 9.06. The SMILES string of the molecule is N#CCC1CCC(Nc2nc(-c3cnn4ccccc34)nc(N3CCC(O)CC3)c2F)CC1. The van der Waals surface area contributed by atoms with E-state index >= 15 is 4.39 Å². The first-order valence-corrected chi connectivity index (χ1v) is 11.7. The molecular weight excluding hydrogens is 421 g/mol. The van der Waals surface area contributed by atoms with Gasteiger partial charge in [-0.25, -0.2) is 14.5 Å². The van der Waals surface area contributed by atoms with Gasteiger partial charge in [-0.3, -0.25) is 0 Å². The predicted molar refractivity (Wildman–Crippen MR) is 123 cm³/mol. The third kappa shape index (κ3) is 4.48. The largest absolute Gasteiger partial charge is 0.393 e. The Kier molecular flexibility index (Phi) is 6.09. The lowest BCUT2D eigenvalue weighted by Crippen LogP contribution is -2.37. The van der Waals surface area contributed by atoms with Gasteiger partial charge in [0.05, 0.1) is 29.5 Å². The molecule has 0 atom stereocenters. The van der Waals surface area contributed by atoms with E-state index in [2.05, 4.69) is 26.5 Å². The number of anilines is 2. The second kappa shape index (κ2) is 9.32. The lowest BCUT2D eigenvalue weighted by molar-refractivity contribution is 0.145. The van der Waals surface area contributed by atoms with Crippen LogP contribution in [0.4, 0.5) is 16.0 Å². The first-order valence-electron chi connectivity index (χ1n) is 11.7. The Morgan fingerprint density at radius 1 is 1.12 bits per heavy atom. The molecular formula is C24H28FN7O. The maximum Gasteiger partial charge on any atom is 0.207 e. The highest BCUT2D eigenvalue weighted by Crippen LogP contribution is 2.33. The van der Waals surface area contributed by atoms with E-state index in [1.807, 2.05) is 29.3 Å². The van der Waals surface area contributed by atoms with Crippen LogP contribution >= 0.6 is 0 Å². The molecule has 5 rings (SSSR count). The van der Waals surface area contributed by atoms with Gasteiger partial charge in [0.25, 0.3) is 0 Å². The molecule has 0 radical (unpaired) electrons. The molecule has 1 saturated carbocycles. The Bertz CT molecular complexity index is 1160. The number of hydrogen-bond donors (Lipinski definition) is 2. The van der Waals surface area contributed by atoms with Gasteiger partial charge in [0.15, 0.2) is 17.5 Å². The molecule has 9 heteroatoms. The van der Waals surface area contributed by atoms with Gasteiger partial charge in [-0.15, -0.1) is 0 Å². The first-order chi connectivity index (χ1) is 16.1. The summed E-state index contributed by atoms with van der Waals surface area (Å²) < 4.78 is 17.4. The van der Waals surface area contributed by atoms with E-state index in [4.69, 9.17) is 5.26 Å². The summed E-state index contributed by atoms with van der Waals surface area (Å²) in [6.45, 7) is 1.09. The maximum atomic E-state index is 15.7. The first kappa shape index (κ1) is 21.6. The number of halogens is 1. The van der Waals surface area contributed by atoms with Crippen LogP contribution in [0.25, 0.3) is 16.9 Å². The van der Waals surface area contributed by atoms with Crippen LogP contribution in [0.1, 0.15) is 44.9 Å². The zero-order valence-electron chi connectivity index (χ0n) is 18.5. The second-order valence-corrected chi connectivity index (χ2v) is 9.06. The molecule has 3 aromatic rings. The van der Waals surface area contributed by atoms with Crippen LogP contribution in [0.3, 0.4) is 0 Å². The summed E-state index contributed by atoms with van der Waals surface area (Å²) in [5, 5.41) is 26.6. The fraction of sp³-hybridized carbons (Fsp3) is 0.500. The van der Waals surface area contributed by atoms with Crippen molar-refractivity contribution in [2.75, 3.05) is 23.3 Å². The number of hydrogen-bond acceptors (Lipinski definition) is 7. The van der Waals surface area contributed by atoms with Crippen molar-refractivity contribution >= 4 is 17.2 Å². The number of fused-ring (bicyclic) bond motifs is 1. The minimum atomic E-state index is -0.453. The van der Waals surface area contributed by atoms with E-state index in [1.165, 1.54) is 0 Å². The number of rotatable bonds is 5. The molecule has 0 unspecified atom stereocenters. The molecule has 3 aromatic heterocycles. The van der Waals surface area contributed by atoms with Crippen LogP contribution in [0, 0.1) is 23.1 Å². The zero-order valence-corrected chi connectivity index (χ0v) is 18.5. The summed E-state index contributed by atoms with van der Waals surface area (Å²) in [7, 11) is 0. The molecule has 172 valence electrons. The molecule has 2 aliphatic rings. The van der Waals surface area contributed by atoms with Gasteiger partial charge in [0.2, 0.25) is 5.82 Å². The molecule has 1 aliphatic heterocycles. The highest BCUT2D eigenvalue weighted by molar-refractivity contribution is 5.77. The van der Waals surface area contributed by atoms with Crippen LogP contribution in [0.5, 0.6) is 0 Å². The van der Waals surface area contributed by atoms with Crippen molar-refractivity contribution in [2.45, 2.75) is 57.1 Å². The summed E-state index contributed by atoms with van der Waals surface area (Å²) in [5.41, 5.74) is 1.60. The summed E-state index contributed by atoms with van der Waals surface area (Å²) >= 11 is 0. The minimum Gasteiger partial charge on any atom is -0.393 e. The molecule has 2 fully saturated rings. The minimum absolute atomic E-state index is 0.108. The van der Waals surface area contributed by atoms with Crippen LogP contribution < -0.4 is 10.2 Å². The third-order valence-electron chi connectivity index (χ3n) is 6.83. The molecule has 33 heavy (non-hydrogen) atoms. The van der Waals surface area contributed by atoms with Crippen molar-refractivity contribution in [3.63, 3.8) is 0 Å². The molecule has 2 N–H and O–H groups in total. The molecule has 0 spiro atoms. The number of pyridine rings is 1. The predicted octanol–water partition coefficient (Wildman–Crippen LogP) is 3.78. The van der Waals surface area contributed by atoms with Gasteiger partial charge >= 0.3 is 0 Å². The number of nitrogens with zero attached hydrogens (tertiary/aromatic N) is 6. The summed E-state index contributed by atoms with van der Waals surface area (Å²) in [6, 6.07) is 8.14. The van der Waals surface area contributed by atoms with Crippen molar-refractivity contribution < 1.29 is 9.50 Å². The summed E-state index contributed by atoms with van der Waals surface area (Å²) in [4.78, 5) is 11.1. The number of aromatic nitrogens is 4. The van der Waals surface area contributed by atoms with Gasteiger partial charge in [0.1, 0.15) is 0 Å². The topological polar surface area (TPSA) is 102 Å². The van der Waals surface area contributed by atoms with Crippen molar-refractivity contribution in [2.24, 2.45) is 5.92 Å². The van der Waals surface area contributed by atoms with Crippen LogP contribution in [-0.4, -0.2) is 49.9 Å². The number of nitrogens with one attached hydrogen (secondary N) is 1. The number of aliphatic hydroxyl groups is 1. The lowest BCUT2D eigenvalue weighted by atomic mass is 9.84. The van der Waals surface area contributed by atoms with Gasteiger partial charge in [-0.05, 0) is 56.6 Å². The monoisotopic (exact) mass is 449 g/mol. The normalized spacial score (nSPS) is 21.8. The molecule has 8 nitrogen and oxygen atoms in total. The van der Waals surface area contributed by atoms with E-state index in [1.54, 1.807) is 10.7 Å². The van der Waals surface area contributed by atoms with Crippen molar-refractivity contribution in [3.8, 4) is 17.5 Å². The Labute approximate surface area is 192 Å². The highest BCUT2D eigenvalue weighted by Gasteiger charge is 2.27. The average molecular weight is 450 g/mol. The van der Waals surface area contributed by atoms with Crippen molar-refractivity contribution in [3.05, 3.63) is 36.4 Å². The smallest absolute Gasteiger partial charge is 0.207 e. The summed E-state index contributed by atoms with van der Waals surface area (Å²) in [5.74, 6) is 0.876. The molecule has 1 aliphatic carbocycles. The van der Waals surface area contributed by atoms with E-state index in [9.17, 15) is 5.11 Å². The van der Waals surface area contributed by atoms with Crippen molar-refractivity contribution in [1.29, 1.82) is 5.26 Å². The lowest BCUT2D eigenvalue weighted by Gasteiger charge is -2.32. The van der Waals surface area contributed by atoms with Gasteiger partial charge in [-0.1, -0.05) is 6.07 Å². The molecule has 1 saturated heterocycles. The number of nitriles is 1.